The van der Waals surface area contributed by atoms with E-state index in [1.54, 1.807) is 10.7 Å². The Morgan fingerprint density at radius 3 is 2.52 bits per heavy atom. The first-order valence-corrected chi connectivity index (χ1v) is 11.4. The van der Waals surface area contributed by atoms with Gasteiger partial charge in [0.1, 0.15) is 16.4 Å². The van der Waals surface area contributed by atoms with Crippen LogP contribution in [0.3, 0.4) is 0 Å². The summed E-state index contributed by atoms with van der Waals surface area (Å²) in [5.74, 6) is 0.712. The number of likely N-dealkylation sites (tertiary alicyclic amines) is 1. The van der Waals surface area contributed by atoms with Crippen molar-refractivity contribution >= 4 is 22.8 Å². The lowest BCUT2D eigenvalue weighted by molar-refractivity contribution is -0.134. The number of anilines is 1. The van der Waals surface area contributed by atoms with Crippen LogP contribution in [-0.4, -0.2) is 57.9 Å². The molecule has 0 atom stereocenters. The molecule has 1 N–H and O–H groups in total. The van der Waals surface area contributed by atoms with E-state index in [1.807, 2.05) is 12.1 Å². The molecule has 0 spiro atoms. The molecule has 0 aromatic carbocycles. The van der Waals surface area contributed by atoms with Crippen molar-refractivity contribution in [1.82, 2.24) is 19.5 Å². The first-order chi connectivity index (χ1) is 15.0. The van der Waals surface area contributed by atoms with E-state index < -0.39 is 11.1 Å². The fraction of sp³-hybridized carbons (Fsp3) is 0.524. The molecule has 0 unspecified atom stereocenters. The van der Waals surface area contributed by atoms with Crippen LogP contribution in [0.15, 0.2) is 30.5 Å². The summed E-state index contributed by atoms with van der Waals surface area (Å²) in [4.78, 5) is 6.74. The summed E-state index contributed by atoms with van der Waals surface area (Å²) in [7, 11) is 0. The molecule has 2 fully saturated rings. The van der Waals surface area contributed by atoms with E-state index in [0.29, 0.717) is 45.5 Å². The number of imidazole rings is 1. The number of hydrogen-bond donors (Lipinski definition) is 1. The van der Waals surface area contributed by atoms with Gasteiger partial charge >= 0.3 is 6.18 Å². The number of halogens is 3. The smallest absolute Gasteiger partial charge is 0.381 e. The zero-order valence-electron chi connectivity index (χ0n) is 16.9. The molecular weight excluding hydrogens is 427 g/mol. The molecule has 0 radical (unpaired) electrons. The summed E-state index contributed by atoms with van der Waals surface area (Å²) in [6.07, 6.45) is 1.52. The maximum absolute atomic E-state index is 13.0. The lowest BCUT2D eigenvalue weighted by Gasteiger charge is -2.39. The van der Waals surface area contributed by atoms with Crippen LogP contribution in [0.1, 0.15) is 30.6 Å². The summed E-state index contributed by atoms with van der Waals surface area (Å²) < 4.78 is 46.0. The quantitative estimate of drug-likeness (QED) is 0.632. The van der Waals surface area contributed by atoms with E-state index in [2.05, 4.69) is 20.3 Å². The highest BCUT2D eigenvalue weighted by Gasteiger charge is 2.33. The normalized spacial score (nSPS) is 19.8. The second kappa shape index (κ2) is 8.40. The Morgan fingerprint density at radius 1 is 1.03 bits per heavy atom. The van der Waals surface area contributed by atoms with Crippen molar-refractivity contribution in [2.75, 3.05) is 31.6 Å². The number of rotatable bonds is 4. The van der Waals surface area contributed by atoms with Gasteiger partial charge in [-0.2, -0.15) is 13.2 Å². The molecule has 5 heterocycles. The van der Waals surface area contributed by atoms with Crippen molar-refractivity contribution in [2.45, 2.75) is 43.9 Å². The second-order valence-corrected chi connectivity index (χ2v) is 9.18. The maximum Gasteiger partial charge on any atom is 0.425 e. The number of thiophene rings is 1. The van der Waals surface area contributed by atoms with Crippen LogP contribution in [0.5, 0.6) is 0 Å². The van der Waals surface area contributed by atoms with Crippen LogP contribution < -0.4 is 5.32 Å². The van der Waals surface area contributed by atoms with Gasteiger partial charge in [0.15, 0.2) is 5.65 Å². The lowest BCUT2D eigenvalue weighted by atomic mass is 10.00. The van der Waals surface area contributed by atoms with E-state index in [0.717, 1.165) is 58.1 Å². The fourth-order valence-electron chi connectivity index (χ4n) is 4.41. The fourth-order valence-corrected chi connectivity index (χ4v) is 5.28. The topological polar surface area (TPSA) is 54.7 Å². The molecular formula is C21H24F3N5OS. The number of piperidine rings is 1. The average Bonchev–Trinajstić information content (AvgIpc) is 3.42. The molecule has 0 bridgehead atoms. The highest BCUT2D eigenvalue weighted by atomic mass is 32.1. The Bertz CT molecular complexity index is 1040. The highest BCUT2D eigenvalue weighted by Crippen LogP contribution is 2.38. The second-order valence-electron chi connectivity index (χ2n) is 8.09. The van der Waals surface area contributed by atoms with E-state index in [4.69, 9.17) is 4.74 Å². The molecule has 0 aliphatic carbocycles. The van der Waals surface area contributed by atoms with E-state index in [1.165, 1.54) is 6.07 Å². The largest absolute Gasteiger partial charge is 0.425 e. The van der Waals surface area contributed by atoms with Crippen molar-refractivity contribution in [3.8, 4) is 10.6 Å². The van der Waals surface area contributed by atoms with Gasteiger partial charge in [0.25, 0.3) is 0 Å². The van der Waals surface area contributed by atoms with Crippen LogP contribution in [0.25, 0.3) is 16.2 Å². The molecule has 0 amide bonds. The number of nitrogens with one attached hydrogen (secondary N) is 1. The number of hydrogen-bond acceptors (Lipinski definition) is 6. The Labute approximate surface area is 182 Å². The number of alkyl halides is 3. The molecule has 10 heteroatoms. The molecule has 2 aliphatic rings. The van der Waals surface area contributed by atoms with E-state index >= 15 is 0 Å². The lowest BCUT2D eigenvalue weighted by Crippen LogP contribution is -2.46. The van der Waals surface area contributed by atoms with Crippen molar-refractivity contribution in [2.24, 2.45) is 0 Å². The van der Waals surface area contributed by atoms with Gasteiger partial charge in [0.05, 0.1) is 11.1 Å². The van der Waals surface area contributed by atoms with Crippen LogP contribution in [-0.2, 0) is 10.9 Å². The van der Waals surface area contributed by atoms with Gasteiger partial charge in [0, 0.05) is 38.4 Å². The van der Waals surface area contributed by atoms with E-state index in [-0.39, 0.29) is 0 Å². The van der Waals surface area contributed by atoms with Crippen molar-refractivity contribution in [1.29, 1.82) is 0 Å². The zero-order chi connectivity index (χ0) is 21.4. The summed E-state index contributed by atoms with van der Waals surface area (Å²) >= 11 is 0.707. The van der Waals surface area contributed by atoms with Crippen molar-refractivity contribution < 1.29 is 17.9 Å². The number of fused-ring (bicyclic) bond motifs is 1. The van der Waals surface area contributed by atoms with Crippen molar-refractivity contribution in [3.05, 3.63) is 35.3 Å². The number of ether oxygens (including phenoxy) is 1. The Kier molecular flexibility index (Phi) is 5.61. The number of aromatic nitrogens is 3. The van der Waals surface area contributed by atoms with Crippen LogP contribution in [0.2, 0.25) is 0 Å². The summed E-state index contributed by atoms with van der Waals surface area (Å²) in [6, 6.07) is 7.26. The van der Waals surface area contributed by atoms with Crippen LogP contribution in [0, 0.1) is 0 Å². The predicted octanol–water partition coefficient (Wildman–Crippen LogP) is 4.53. The van der Waals surface area contributed by atoms with Gasteiger partial charge < -0.3 is 15.0 Å². The minimum Gasteiger partial charge on any atom is -0.381 e. The Hall–Kier alpha value is -2.17. The van der Waals surface area contributed by atoms with Gasteiger partial charge in [-0.25, -0.2) is 9.50 Å². The van der Waals surface area contributed by atoms with Gasteiger partial charge in [-0.15, -0.1) is 16.4 Å². The molecule has 2 saturated heterocycles. The average molecular weight is 452 g/mol. The standard InChI is InChI=1S/C21H24F3N5OS/c22-21(23,24)18-2-1-17(31-18)16-13-25-20-4-3-19(27-29(16)20)26-14-5-9-28(10-6-14)15-7-11-30-12-8-15/h1-4,13-15H,5-12H2,(H,26,27). The summed E-state index contributed by atoms with van der Waals surface area (Å²) in [5.41, 5.74) is 1.17. The minimum absolute atomic E-state index is 0.326. The molecule has 31 heavy (non-hydrogen) atoms. The van der Waals surface area contributed by atoms with Gasteiger partial charge in [-0.05, 0) is 49.9 Å². The molecule has 166 valence electrons. The maximum atomic E-state index is 13.0. The van der Waals surface area contributed by atoms with E-state index in [9.17, 15) is 13.2 Å². The number of nitrogens with zero attached hydrogens (tertiary/aromatic N) is 4. The summed E-state index contributed by atoms with van der Waals surface area (Å²) in [5, 5.41) is 8.13. The SMILES string of the molecule is FC(F)(F)c1ccc(-c2cnc3ccc(NC4CCN(C5CCOCC5)CC4)nn23)s1. The third kappa shape index (κ3) is 4.42. The molecule has 2 aliphatic heterocycles. The molecule has 0 saturated carbocycles. The predicted molar refractivity (Wildman–Crippen MR) is 113 cm³/mol. The van der Waals surface area contributed by atoms with Gasteiger partial charge in [-0.1, -0.05) is 0 Å². The Balaban J connectivity index is 1.28. The third-order valence-corrected chi connectivity index (χ3v) is 7.24. The summed E-state index contributed by atoms with van der Waals surface area (Å²) in [6.45, 7) is 3.82. The molecule has 6 nitrogen and oxygen atoms in total. The molecule has 5 rings (SSSR count). The van der Waals surface area contributed by atoms with Gasteiger partial charge in [-0.3, -0.25) is 0 Å². The zero-order valence-corrected chi connectivity index (χ0v) is 17.8. The minimum atomic E-state index is -4.34. The molecule has 3 aromatic heterocycles. The van der Waals surface area contributed by atoms with Crippen LogP contribution in [0.4, 0.5) is 19.0 Å². The Morgan fingerprint density at radius 2 is 1.81 bits per heavy atom. The first-order valence-electron chi connectivity index (χ1n) is 10.6. The first kappa shape index (κ1) is 20.7. The third-order valence-electron chi connectivity index (χ3n) is 6.09. The highest BCUT2D eigenvalue weighted by molar-refractivity contribution is 7.15. The molecule has 3 aromatic rings. The monoisotopic (exact) mass is 451 g/mol. The van der Waals surface area contributed by atoms with Crippen LogP contribution >= 0.6 is 11.3 Å². The van der Waals surface area contributed by atoms with Gasteiger partial charge in [0.2, 0.25) is 0 Å². The van der Waals surface area contributed by atoms with Crippen molar-refractivity contribution in [3.63, 3.8) is 0 Å².